The van der Waals surface area contributed by atoms with Crippen LogP contribution in [0.5, 0.6) is 0 Å². The first-order valence-corrected chi connectivity index (χ1v) is 7.78. The monoisotopic (exact) mass is 321 g/mol. The standard InChI is InChI=1S/C17H15N5O2/c18-8-13-9-20-16(10-19-13)21-5-4-14-12(11-21)2-1-3-15(14)22-6-7-24-17(22)23/h1-3,9-10H,4-7,11H2. The van der Waals surface area contributed by atoms with Gasteiger partial charge in [0, 0.05) is 13.1 Å². The SMILES string of the molecule is N#Cc1cnc(N2CCc3c(cccc3N3CCOC3=O)C2)cn1. The maximum atomic E-state index is 11.9. The number of hydrogen-bond donors (Lipinski definition) is 0. The fourth-order valence-electron chi connectivity index (χ4n) is 3.19. The lowest BCUT2D eigenvalue weighted by Gasteiger charge is -2.31. The molecule has 1 saturated heterocycles. The van der Waals surface area contributed by atoms with Crippen molar-refractivity contribution in [2.75, 3.05) is 29.5 Å². The van der Waals surface area contributed by atoms with Gasteiger partial charge in [-0.15, -0.1) is 0 Å². The van der Waals surface area contributed by atoms with E-state index >= 15 is 0 Å². The van der Waals surface area contributed by atoms with Crippen molar-refractivity contribution in [3.8, 4) is 6.07 Å². The smallest absolute Gasteiger partial charge is 0.414 e. The summed E-state index contributed by atoms with van der Waals surface area (Å²) < 4.78 is 5.06. The highest BCUT2D eigenvalue weighted by Gasteiger charge is 2.28. The van der Waals surface area contributed by atoms with E-state index in [1.54, 1.807) is 11.1 Å². The lowest BCUT2D eigenvalue weighted by molar-refractivity contribution is 0.181. The molecular weight excluding hydrogens is 306 g/mol. The lowest BCUT2D eigenvalue weighted by Crippen LogP contribution is -2.33. The Kier molecular flexibility index (Phi) is 3.50. The molecule has 0 spiro atoms. The number of aromatic nitrogens is 2. The molecule has 4 rings (SSSR count). The van der Waals surface area contributed by atoms with Crippen molar-refractivity contribution in [3.05, 3.63) is 47.4 Å². The molecule has 120 valence electrons. The molecule has 0 aliphatic carbocycles. The van der Waals surface area contributed by atoms with E-state index in [1.165, 1.54) is 17.3 Å². The van der Waals surface area contributed by atoms with Crippen LogP contribution in [0.15, 0.2) is 30.6 Å². The van der Waals surface area contributed by atoms with Crippen LogP contribution in [0.25, 0.3) is 0 Å². The number of ether oxygens (including phenoxy) is 1. The summed E-state index contributed by atoms with van der Waals surface area (Å²) in [4.78, 5) is 24.1. The first-order valence-electron chi connectivity index (χ1n) is 7.78. The van der Waals surface area contributed by atoms with Gasteiger partial charge in [-0.1, -0.05) is 12.1 Å². The maximum absolute atomic E-state index is 11.9. The van der Waals surface area contributed by atoms with E-state index in [9.17, 15) is 4.79 Å². The minimum absolute atomic E-state index is 0.274. The van der Waals surface area contributed by atoms with Crippen molar-refractivity contribution >= 4 is 17.6 Å². The first-order chi connectivity index (χ1) is 11.8. The predicted octanol–water partition coefficient (Wildman–Crippen LogP) is 1.87. The highest BCUT2D eigenvalue weighted by Crippen LogP contribution is 2.31. The summed E-state index contributed by atoms with van der Waals surface area (Å²) in [6.45, 7) is 2.52. The maximum Gasteiger partial charge on any atom is 0.414 e. The number of rotatable bonds is 2. The molecule has 0 atom stereocenters. The highest BCUT2D eigenvalue weighted by atomic mass is 16.6. The van der Waals surface area contributed by atoms with E-state index in [2.05, 4.69) is 20.9 Å². The Labute approximate surface area is 139 Å². The van der Waals surface area contributed by atoms with Crippen LogP contribution >= 0.6 is 0 Å². The summed E-state index contributed by atoms with van der Waals surface area (Å²) in [5.74, 6) is 0.755. The van der Waals surface area contributed by atoms with Crippen LogP contribution in [-0.2, 0) is 17.7 Å². The van der Waals surface area contributed by atoms with Gasteiger partial charge in [-0.05, 0) is 23.6 Å². The number of nitriles is 1. The molecule has 1 fully saturated rings. The molecule has 0 saturated carbocycles. The van der Waals surface area contributed by atoms with E-state index in [4.69, 9.17) is 10.00 Å². The molecular formula is C17H15N5O2. The van der Waals surface area contributed by atoms with Crippen LogP contribution in [0.2, 0.25) is 0 Å². The molecule has 24 heavy (non-hydrogen) atoms. The van der Waals surface area contributed by atoms with Gasteiger partial charge in [-0.2, -0.15) is 5.26 Å². The average Bonchev–Trinajstić information content (AvgIpc) is 3.06. The Hall–Kier alpha value is -3.14. The third-order valence-electron chi connectivity index (χ3n) is 4.37. The number of cyclic esters (lactones) is 1. The molecule has 1 aromatic carbocycles. The van der Waals surface area contributed by atoms with E-state index in [1.807, 2.05) is 18.2 Å². The quantitative estimate of drug-likeness (QED) is 0.840. The molecule has 3 heterocycles. The second-order valence-corrected chi connectivity index (χ2v) is 5.72. The Morgan fingerprint density at radius 3 is 2.83 bits per heavy atom. The van der Waals surface area contributed by atoms with Crippen molar-refractivity contribution in [1.29, 1.82) is 5.26 Å². The summed E-state index contributed by atoms with van der Waals surface area (Å²) in [6, 6.07) is 7.99. The Bertz CT molecular complexity index is 828. The van der Waals surface area contributed by atoms with Gasteiger partial charge in [-0.25, -0.2) is 14.8 Å². The second kappa shape index (κ2) is 5.81. The number of nitrogens with zero attached hydrogens (tertiary/aromatic N) is 5. The number of benzene rings is 1. The number of amides is 1. The molecule has 2 aliphatic rings. The zero-order valence-corrected chi connectivity index (χ0v) is 13.0. The minimum Gasteiger partial charge on any atom is -0.447 e. The van der Waals surface area contributed by atoms with E-state index in [0.29, 0.717) is 25.4 Å². The molecule has 7 nitrogen and oxygen atoms in total. The van der Waals surface area contributed by atoms with E-state index in [-0.39, 0.29) is 6.09 Å². The average molecular weight is 321 g/mol. The number of anilines is 2. The number of fused-ring (bicyclic) bond motifs is 1. The van der Waals surface area contributed by atoms with Crippen molar-refractivity contribution in [1.82, 2.24) is 9.97 Å². The fourth-order valence-corrected chi connectivity index (χ4v) is 3.19. The zero-order valence-electron chi connectivity index (χ0n) is 13.0. The molecule has 2 aromatic rings. The molecule has 0 N–H and O–H groups in total. The first kappa shape index (κ1) is 14.5. The molecule has 2 aliphatic heterocycles. The molecule has 0 radical (unpaired) electrons. The van der Waals surface area contributed by atoms with Crippen LogP contribution in [0, 0.1) is 11.3 Å². The van der Waals surface area contributed by atoms with Gasteiger partial charge >= 0.3 is 6.09 Å². The minimum atomic E-state index is -0.274. The van der Waals surface area contributed by atoms with Crippen molar-refractivity contribution in [2.45, 2.75) is 13.0 Å². The zero-order chi connectivity index (χ0) is 16.5. The van der Waals surface area contributed by atoms with Crippen LogP contribution in [0.1, 0.15) is 16.8 Å². The van der Waals surface area contributed by atoms with Crippen LogP contribution in [0.3, 0.4) is 0 Å². The third kappa shape index (κ3) is 2.42. The van der Waals surface area contributed by atoms with Crippen molar-refractivity contribution in [2.24, 2.45) is 0 Å². The summed E-state index contributed by atoms with van der Waals surface area (Å²) in [5.41, 5.74) is 3.62. The molecule has 7 heteroatoms. The fraction of sp³-hybridized carbons (Fsp3) is 0.294. The van der Waals surface area contributed by atoms with E-state index in [0.717, 1.165) is 24.5 Å². The summed E-state index contributed by atoms with van der Waals surface area (Å²) >= 11 is 0. The van der Waals surface area contributed by atoms with E-state index < -0.39 is 0 Å². The Morgan fingerprint density at radius 1 is 1.21 bits per heavy atom. The van der Waals surface area contributed by atoms with Crippen molar-refractivity contribution in [3.63, 3.8) is 0 Å². The van der Waals surface area contributed by atoms with Crippen LogP contribution in [0.4, 0.5) is 16.3 Å². The second-order valence-electron chi connectivity index (χ2n) is 5.72. The largest absolute Gasteiger partial charge is 0.447 e. The molecule has 1 aromatic heterocycles. The molecule has 0 bridgehead atoms. The lowest BCUT2D eigenvalue weighted by atomic mass is 9.97. The predicted molar refractivity (Wildman–Crippen MR) is 86.6 cm³/mol. The van der Waals surface area contributed by atoms with Gasteiger partial charge in [0.05, 0.1) is 24.6 Å². The summed E-state index contributed by atoms with van der Waals surface area (Å²) in [6.07, 6.45) is 3.66. The Morgan fingerprint density at radius 2 is 2.12 bits per heavy atom. The van der Waals surface area contributed by atoms with Gasteiger partial charge in [0.1, 0.15) is 18.5 Å². The number of carbonyl (C=O) groups is 1. The van der Waals surface area contributed by atoms with Gasteiger partial charge in [0.15, 0.2) is 5.69 Å². The van der Waals surface area contributed by atoms with Gasteiger partial charge in [0.2, 0.25) is 0 Å². The third-order valence-corrected chi connectivity index (χ3v) is 4.37. The van der Waals surface area contributed by atoms with Crippen LogP contribution < -0.4 is 9.80 Å². The van der Waals surface area contributed by atoms with Gasteiger partial charge in [0.25, 0.3) is 0 Å². The number of hydrogen-bond acceptors (Lipinski definition) is 6. The number of carbonyl (C=O) groups excluding carboxylic acids is 1. The van der Waals surface area contributed by atoms with Crippen LogP contribution in [-0.4, -0.2) is 35.8 Å². The summed E-state index contributed by atoms with van der Waals surface area (Å²) in [7, 11) is 0. The normalized spacial score (nSPS) is 16.5. The van der Waals surface area contributed by atoms with Crippen molar-refractivity contribution < 1.29 is 9.53 Å². The topological polar surface area (TPSA) is 82.4 Å². The molecule has 1 amide bonds. The summed E-state index contributed by atoms with van der Waals surface area (Å²) in [5, 5.41) is 8.82. The highest BCUT2D eigenvalue weighted by molar-refractivity contribution is 5.90. The van der Waals surface area contributed by atoms with Gasteiger partial charge in [-0.3, -0.25) is 4.90 Å². The van der Waals surface area contributed by atoms with Gasteiger partial charge < -0.3 is 9.64 Å². The molecule has 0 unspecified atom stereocenters. The Balaban J connectivity index is 1.61.